The first-order valence-corrected chi connectivity index (χ1v) is 17.7. The Morgan fingerprint density at radius 3 is 2.60 bits per heavy atom. The third kappa shape index (κ3) is 6.76. The molecule has 0 amide bonds. The van der Waals surface area contributed by atoms with Gasteiger partial charge in [-0.2, -0.15) is 0 Å². The Labute approximate surface area is 282 Å². The van der Waals surface area contributed by atoms with Gasteiger partial charge in [0.1, 0.15) is 23.1 Å². The van der Waals surface area contributed by atoms with Gasteiger partial charge in [-0.3, -0.25) is 9.52 Å². The van der Waals surface area contributed by atoms with Gasteiger partial charge in [0.25, 0.3) is 10.0 Å². The zero-order valence-corrected chi connectivity index (χ0v) is 28.5. The minimum absolute atomic E-state index is 0.0393. The van der Waals surface area contributed by atoms with Crippen molar-refractivity contribution in [3.63, 3.8) is 0 Å². The summed E-state index contributed by atoms with van der Waals surface area (Å²) in [7, 11) is -4.51. The number of nitrogens with one attached hydrogen (secondary N) is 2. The molecule has 0 radical (unpaired) electrons. The molecule has 254 valence electrons. The van der Waals surface area contributed by atoms with Crippen LogP contribution in [0.5, 0.6) is 5.75 Å². The number of hydrogen-bond acceptors (Lipinski definition) is 9. The van der Waals surface area contributed by atoms with E-state index in [1.165, 1.54) is 13.0 Å². The van der Waals surface area contributed by atoms with Crippen LogP contribution in [-0.4, -0.2) is 61.0 Å². The number of benzene rings is 3. The molecule has 2 aliphatic heterocycles. The molecule has 10 nitrogen and oxygen atoms in total. The molecule has 3 heterocycles. The number of sulfonamides is 1. The predicted molar refractivity (Wildman–Crippen MR) is 180 cm³/mol. The van der Waals surface area contributed by atoms with E-state index < -0.39 is 45.0 Å². The zero-order chi connectivity index (χ0) is 34.3. The van der Waals surface area contributed by atoms with Gasteiger partial charge in [0, 0.05) is 54.3 Å². The molecule has 14 heteroatoms. The van der Waals surface area contributed by atoms with Crippen molar-refractivity contribution in [2.75, 3.05) is 29.7 Å². The third-order valence-electron chi connectivity index (χ3n) is 8.73. The van der Waals surface area contributed by atoms with Crippen LogP contribution in [0.3, 0.4) is 0 Å². The lowest BCUT2D eigenvalue weighted by molar-refractivity contribution is -0.147. The molecule has 1 saturated heterocycles. The minimum Gasteiger partial charge on any atom is -0.487 e. The third-order valence-corrected chi connectivity index (χ3v) is 10.3. The molecule has 3 aromatic carbocycles. The second kappa shape index (κ2) is 13.4. The quantitative estimate of drug-likeness (QED) is 0.180. The van der Waals surface area contributed by atoms with E-state index in [1.54, 1.807) is 18.3 Å². The number of carbonyl (C=O) groups excluding carboxylic acids is 1. The number of halogens is 3. The van der Waals surface area contributed by atoms with Crippen LogP contribution in [0.15, 0.2) is 47.5 Å². The van der Waals surface area contributed by atoms with E-state index in [2.05, 4.69) is 33.8 Å². The van der Waals surface area contributed by atoms with Gasteiger partial charge in [0.05, 0.1) is 16.8 Å². The van der Waals surface area contributed by atoms with Gasteiger partial charge in [-0.05, 0) is 80.6 Å². The zero-order valence-electron chi connectivity index (χ0n) is 26.9. The molecule has 0 spiro atoms. The lowest BCUT2D eigenvalue weighted by Gasteiger charge is -2.34. The Morgan fingerprint density at radius 1 is 1.17 bits per heavy atom. The Kier molecular flexibility index (Phi) is 9.47. The Bertz CT molecular complexity index is 2000. The van der Waals surface area contributed by atoms with Crippen molar-refractivity contribution in [2.45, 2.75) is 70.0 Å². The number of aryl methyl sites for hydroxylation is 1. The molecule has 0 unspecified atom stereocenters. The normalized spacial score (nSPS) is 17.0. The van der Waals surface area contributed by atoms with Crippen molar-refractivity contribution in [2.24, 2.45) is 0 Å². The van der Waals surface area contributed by atoms with E-state index in [4.69, 9.17) is 26.1 Å². The highest BCUT2D eigenvalue weighted by Crippen LogP contribution is 2.43. The number of piperidine rings is 1. The van der Waals surface area contributed by atoms with Gasteiger partial charge >= 0.3 is 5.97 Å². The van der Waals surface area contributed by atoms with Gasteiger partial charge in [-0.25, -0.2) is 27.2 Å². The number of hydrogen-bond donors (Lipinski definition) is 2. The van der Waals surface area contributed by atoms with Gasteiger partial charge in [-0.15, -0.1) is 0 Å². The average Bonchev–Trinajstić information content (AvgIpc) is 3.43. The van der Waals surface area contributed by atoms with E-state index >= 15 is 8.78 Å². The standard InChI is InChI=1S/C34H36ClF2N5O5S/c1-5-20-12-21(13-22-16-38-34(40-32(20)22)39-24-8-10-42(11-9-24)18(2)3)30-26(36)6-7-27(31(30)37)41-48(44,45)29-15-23(35)14-25-28(47-19(4)43)17-46-33(25)29/h6-7,12-16,18,24,28,41H,5,8-11,17H2,1-4H3,(H,38,39,40)/t28-/m1/s1. The van der Waals surface area contributed by atoms with Crippen LogP contribution < -0.4 is 14.8 Å². The molecule has 1 atom stereocenters. The van der Waals surface area contributed by atoms with Crippen molar-refractivity contribution in [3.8, 4) is 16.9 Å². The van der Waals surface area contributed by atoms with Crippen molar-refractivity contribution in [1.29, 1.82) is 0 Å². The summed E-state index contributed by atoms with van der Waals surface area (Å²) in [5, 5.41) is 4.07. The number of aromatic nitrogens is 2. The second-order valence-electron chi connectivity index (χ2n) is 12.3. The molecule has 1 aromatic heterocycles. The monoisotopic (exact) mass is 699 g/mol. The molecule has 4 aromatic rings. The second-order valence-corrected chi connectivity index (χ2v) is 14.4. The molecule has 6 rings (SSSR count). The maximum absolute atomic E-state index is 16.1. The number of rotatable bonds is 9. The maximum Gasteiger partial charge on any atom is 0.303 e. The number of likely N-dealkylation sites (tertiary alicyclic amines) is 1. The summed E-state index contributed by atoms with van der Waals surface area (Å²) < 4.78 is 71.7. The van der Waals surface area contributed by atoms with Crippen LogP contribution in [0.4, 0.5) is 20.4 Å². The van der Waals surface area contributed by atoms with Gasteiger partial charge in [-0.1, -0.05) is 18.5 Å². The smallest absolute Gasteiger partial charge is 0.303 e. The summed E-state index contributed by atoms with van der Waals surface area (Å²) in [4.78, 5) is 22.9. The Hall–Kier alpha value is -4.07. The molecule has 0 bridgehead atoms. The van der Waals surface area contributed by atoms with Crippen molar-refractivity contribution >= 4 is 50.1 Å². The first kappa shape index (κ1) is 33.8. The predicted octanol–water partition coefficient (Wildman–Crippen LogP) is 6.87. The fourth-order valence-corrected chi connectivity index (χ4v) is 7.82. The number of anilines is 2. The van der Waals surface area contributed by atoms with Crippen LogP contribution in [0.2, 0.25) is 5.02 Å². The number of esters is 1. The molecule has 0 aliphatic carbocycles. The summed E-state index contributed by atoms with van der Waals surface area (Å²) in [5.74, 6) is -2.14. The highest BCUT2D eigenvalue weighted by molar-refractivity contribution is 7.92. The molecular formula is C34H36ClF2N5O5S. The van der Waals surface area contributed by atoms with E-state index in [1.807, 2.05) is 6.92 Å². The topological polar surface area (TPSA) is 123 Å². The highest BCUT2D eigenvalue weighted by Gasteiger charge is 2.34. The first-order valence-electron chi connectivity index (χ1n) is 15.8. The number of nitrogens with zero attached hydrogens (tertiary/aromatic N) is 3. The fourth-order valence-electron chi connectivity index (χ4n) is 6.27. The number of fused-ring (bicyclic) bond motifs is 2. The Morgan fingerprint density at radius 2 is 1.92 bits per heavy atom. The molecule has 48 heavy (non-hydrogen) atoms. The summed E-state index contributed by atoms with van der Waals surface area (Å²) in [5.41, 5.74) is 0.996. The summed E-state index contributed by atoms with van der Waals surface area (Å²) >= 11 is 6.22. The number of carbonyl (C=O) groups is 1. The highest BCUT2D eigenvalue weighted by atomic mass is 35.5. The van der Waals surface area contributed by atoms with Crippen LogP contribution >= 0.6 is 11.6 Å². The van der Waals surface area contributed by atoms with Crippen LogP contribution in [-0.2, 0) is 26.0 Å². The lowest BCUT2D eigenvalue weighted by atomic mass is 9.97. The van der Waals surface area contributed by atoms with E-state index in [9.17, 15) is 13.2 Å². The van der Waals surface area contributed by atoms with Crippen LogP contribution in [0.25, 0.3) is 22.0 Å². The summed E-state index contributed by atoms with van der Waals surface area (Å²) in [6, 6.07) is 8.59. The van der Waals surface area contributed by atoms with Crippen LogP contribution in [0.1, 0.15) is 57.8 Å². The van der Waals surface area contributed by atoms with Gasteiger partial charge in [0.15, 0.2) is 11.9 Å². The fraction of sp³-hybridized carbons (Fsp3) is 0.382. The Balaban J connectivity index is 1.30. The molecule has 0 saturated carbocycles. The van der Waals surface area contributed by atoms with Crippen molar-refractivity contribution in [1.82, 2.24) is 14.9 Å². The summed E-state index contributed by atoms with van der Waals surface area (Å²) in [6.07, 6.45) is 3.23. The molecule has 2 aliphatic rings. The molecule has 2 N–H and O–H groups in total. The van der Waals surface area contributed by atoms with Gasteiger partial charge < -0.3 is 19.7 Å². The largest absolute Gasteiger partial charge is 0.487 e. The van der Waals surface area contributed by atoms with Crippen molar-refractivity contribution < 1.29 is 31.5 Å². The molecular weight excluding hydrogens is 664 g/mol. The maximum atomic E-state index is 16.1. The lowest BCUT2D eigenvalue weighted by Crippen LogP contribution is -2.42. The SMILES string of the molecule is CCc1cc(-c2c(F)ccc(NS(=O)(=O)c3cc(Cl)cc4c3OC[C@H]4OC(C)=O)c2F)cc2cnc(NC3CCN(C(C)C)CC3)nc12. The minimum atomic E-state index is -4.51. The van der Waals surface area contributed by atoms with E-state index in [0.717, 1.165) is 49.7 Å². The van der Waals surface area contributed by atoms with Gasteiger partial charge in [0.2, 0.25) is 5.95 Å². The van der Waals surface area contributed by atoms with Crippen LogP contribution in [0, 0.1) is 11.6 Å². The van der Waals surface area contributed by atoms with E-state index in [-0.39, 0.29) is 39.4 Å². The van der Waals surface area contributed by atoms with E-state index in [0.29, 0.717) is 29.3 Å². The van der Waals surface area contributed by atoms with Crippen molar-refractivity contribution in [3.05, 3.63) is 70.4 Å². The number of ether oxygens (including phenoxy) is 2. The first-order chi connectivity index (χ1) is 22.8. The average molecular weight is 700 g/mol. The molecule has 1 fully saturated rings. The summed E-state index contributed by atoms with van der Waals surface area (Å²) in [6.45, 7) is 9.39.